The fourth-order valence-corrected chi connectivity index (χ4v) is 2.47. The molecule has 1 aliphatic heterocycles. The number of carboxylic acid groups (broad SMARTS) is 2. The van der Waals surface area contributed by atoms with Crippen LogP contribution in [0, 0.1) is 5.92 Å². The van der Waals surface area contributed by atoms with Crippen molar-refractivity contribution in [2.75, 3.05) is 0 Å². The van der Waals surface area contributed by atoms with Gasteiger partial charge in [0, 0.05) is 0 Å². The lowest BCUT2D eigenvalue weighted by molar-refractivity contribution is -0.147. The van der Waals surface area contributed by atoms with Gasteiger partial charge in [0.15, 0.2) is 6.10 Å². The molecule has 0 spiro atoms. The second-order valence-electron chi connectivity index (χ2n) is 6.43. The van der Waals surface area contributed by atoms with E-state index in [1.54, 1.807) is 31.2 Å². The highest BCUT2D eigenvalue weighted by atomic mass is 16.6. The van der Waals surface area contributed by atoms with Gasteiger partial charge in [-0.05, 0) is 31.3 Å². The van der Waals surface area contributed by atoms with Crippen LogP contribution < -0.4 is 0 Å². The molecule has 0 bridgehead atoms. The van der Waals surface area contributed by atoms with Crippen LogP contribution in [-0.2, 0) is 23.9 Å². The second kappa shape index (κ2) is 10.9. The summed E-state index contributed by atoms with van der Waals surface area (Å²) in [5.74, 6) is -4.57. The predicted molar refractivity (Wildman–Crippen MR) is 99.5 cm³/mol. The monoisotopic (exact) mass is 392 g/mol. The van der Waals surface area contributed by atoms with Crippen molar-refractivity contribution < 1.29 is 39.2 Å². The summed E-state index contributed by atoms with van der Waals surface area (Å²) in [4.78, 5) is 45.0. The molecule has 1 rings (SSSR count). The lowest BCUT2D eigenvalue weighted by atomic mass is 10.0. The van der Waals surface area contributed by atoms with E-state index in [4.69, 9.17) is 14.9 Å². The Morgan fingerprint density at radius 1 is 1.11 bits per heavy atom. The summed E-state index contributed by atoms with van der Waals surface area (Å²) in [6, 6.07) is 0. The SMILES string of the molecule is C/C(=C\CC/C=C/C=C/C(C)CC(=O)O)C(O)=C1C(=O)OC(CC(=O)O)C1=O. The molecule has 152 valence electrons. The number of cyclic esters (lactones) is 1. The number of Topliss-reactive ketones (excluding diaryl/α,β-unsaturated/α-hetero) is 1. The van der Waals surface area contributed by atoms with E-state index < -0.39 is 47.5 Å². The quantitative estimate of drug-likeness (QED) is 0.129. The number of aliphatic carboxylic acids is 2. The molecule has 0 saturated carbocycles. The van der Waals surface area contributed by atoms with E-state index in [-0.39, 0.29) is 12.3 Å². The third kappa shape index (κ3) is 7.22. The Balaban J connectivity index is 2.62. The van der Waals surface area contributed by atoms with Crippen molar-refractivity contribution >= 4 is 23.7 Å². The third-order valence-corrected chi connectivity index (χ3v) is 3.93. The van der Waals surface area contributed by atoms with Crippen molar-refractivity contribution in [3.8, 4) is 0 Å². The first-order valence-corrected chi connectivity index (χ1v) is 8.76. The van der Waals surface area contributed by atoms with Gasteiger partial charge in [0.1, 0.15) is 11.3 Å². The average molecular weight is 392 g/mol. The van der Waals surface area contributed by atoms with Crippen LogP contribution in [0.3, 0.4) is 0 Å². The van der Waals surface area contributed by atoms with Crippen LogP contribution in [0.2, 0.25) is 0 Å². The summed E-state index contributed by atoms with van der Waals surface area (Å²) < 4.78 is 4.71. The van der Waals surface area contributed by atoms with Gasteiger partial charge in [-0.2, -0.15) is 0 Å². The lowest BCUT2D eigenvalue weighted by Crippen LogP contribution is -2.20. The second-order valence-corrected chi connectivity index (χ2v) is 6.43. The van der Waals surface area contributed by atoms with E-state index >= 15 is 0 Å². The molecule has 1 fully saturated rings. The number of carboxylic acids is 2. The highest BCUT2D eigenvalue weighted by Gasteiger charge is 2.42. The van der Waals surface area contributed by atoms with Gasteiger partial charge in [-0.1, -0.05) is 37.3 Å². The highest BCUT2D eigenvalue weighted by molar-refractivity contribution is 6.24. The summed E-state index contributed by atoms with van der Waals surface area (Å²) in [5.41, 5.74) is -0.207. The van der Waals surface area contributed by atoms with E-state index in [2.05, 4.69) is 0 Å². The van der Waals surface area contributed by atoms with Crippen LogP contribution in [0.1, 0.15) is 39.5 Å². The van der Waals surface area contributed by atoms with E-state index in [1.807, 2.05) is 6.08 Å². The number of esters is 1. The van der Waals surface area contributed by atoms with Crippen LogP contribution >= 0.6 is 0 Å². The average Bonchev–Trinajstić information content (AvgIpc) is 2.85. The minimum atomic E-state index is -1.41. The van der Waals surface area contributed by atoms with E-state index in [1.165, 1.54) is 6.92 Å². The standard InChI is InChI=1S/C20H24O8/c1-12(10-15(21)22)8-6-4-3-5-7-9-13(2)18(25)17-19(26)14(11-16(23)24)28-20(17)27/h3-4,6,8-9,12,14,25H,5,7,10-11H2,1-2H3,(H,21,22)(H,23,24)/b4-3+,8-6+,13-9+,18-17?. The maximum Gasteiger partial charge on any atom is 0.346 e. The molecule has 2 atom stereocenters. The number of hydrogen-bond donors (Lipinski definition) is 3. The fourth-order valence-electron chi connectivity index (χ4n) is 2.47. The number of aliphatic hydroxyl groups excluding tert-OH is 1. The molecular weight excluding hydrogens is 368 g/mol. The molecule has 0 aliphatic carbocycles. The highest BCUT2D eigenvalue weighted by Crippen LogP contribution is 2.24. The molecule has 0 amide bonds. The van der Waals surface area contributed by atoms with Crippen molar-refractivity contribution in [2.45, 2.75) is 45.6 Å². The minimum Gasteiger partial charge on any atom is -0.507 e. The minimum absolute atomic E-state index is 0.0642. The summed E-state index contributed by atoms with van der Waals surface area (Å²) in [5, 5.41) is 27.5. The van der Waals surface area contributed by atoms with E-state index in [9.17, 15) is 24.3 Å². The van der Waals surface area contributed by atoms with E-state index in [0.717, 1.165) is 0 Å². The van der Waals surface area contributed by atoms with Crippen molar-refractivity contribution in [3.05, 3.63) is 47.3 Å². The third-order valence-electron chi connectivity index (χ3n) is 3.93. The van der Waals surface area contributed by atoms with Gasteiger partial charge in [-0.15, -0.1) is 0 Å². The number of carbonyl (C=O) groups excluding carboxylic acids is 2. The van der Waals surface area contributed by atoms with Gasteiger partial charge in [0.2, 0.25) is 5.78 Å². The van der Waals surface area contributed by atoms with Crippen LogP contribution in [0.15, 0.2) is 47.3 Å². The Bertz CT molecular complexity index is 754. The van der Waals surface area contributed by atoms with Crippen molar-refractivity contribution in [3.63, 3.8) is 0 Å². The number of rotatable bonds is 10. The van der Waals surface area contributed by atoms with Gasteiger partial charge in [-0.25, -0.2) is 4.79 Å². The number of aliphatic hydroxyl groups is 1. The van der Waals surface area contributed by atoms with Crippen LogP contribution in [0.4, 0.5) is 0 Å². The predicted octanol–water partition coefficient (Wildman–Crippen LogP) is 2.72. The van der Waals surface area contributed by atoms with Gasteiger partial charge in [-0.3, -0.25) is 14.4 Å². The van der Waals surface area contributed by atoms with Crippen LogP contribution in [-0.4, -0.2) is 45.1 Å². The molecule has 2 unspecified atom stereocenters. The molecule has 1 saturated heterocycles. The van der Waals surface area contributed by atoms with E-state index in [0.29, 0.717) is 18.4 Å². The summed E-state index contributed by atoms with van der Waals surface area (Å²) >= 11 is 0. The summed E-state index contributed by atoms with van der Waals surface area (Å²) in [6.45, 7) is 3.34. The molecule has 0 aromatic heterocycles. The Labute approximate surface area is 162 Å². The maximum atomic E-state index is 12.1. The lowest BCUT2D eigenvalue weighted by Gasteiger charge is -2.02. The molecular formula is C20H24O8. The van der Waals surface area contributed by atoms with Crippen molar-refractivity contribution in [2.24, 2.45) is 5.92 Å². The molecule has 28 heavy (non-hydrogen) atoms. The number of allylic oxidation sites excluding steroid dienone is 6. The fraction of sp³-hybridized carbons (Fsp3) is 0.400. The molecule has 0 radical (unpaired) electrons. The first-order valence-electron chi connectivity index (χ1n) is 8.76. The number of carbonyl (C=O) groups is 4. The molecule has 0 aromatic carbocycles. The number of ether oxygens (including phenoxy) is 1. The van der Waals surface area contributed by atoms with Gasteiger partial charge < -0.3 is 20.1 Å². The Morgan fingerprint density at radius 3 is 2.39 bits per heavy atom. The molecule has 8 nitrogen and oxygen atoms in total. The molecule has 0 aromatic rings. The summed E-state index contributed by atoms with van der Waals surface area (Å²) in [6.07, 6.45) is 8.00. The first-order chi connectivity index (χ1) is 13.1. The number of ketones is 1. The zero-order valence-corrected chi connectivity index (χ0v) is 15.8. The number of hydrogen-bond acceptors (Lipinski definition) is 6. The zero-order chi connectivity index (χ0) is 21.3. The maximum absolute atomic E-state index is 12.1. The largest absolute Gasteiger partial charge is 0.507 e. The molecule has 1 aliphatic rings. The zero-order valence-electron chi connectivity index (χ0n) is 15.8. The topological polar surface area (TPSA) is 138 Å². The Kier molecular flexibility index (Phi) is 8.87. The molecule has 1 heterocycles. The molecule has 8 heteroatoms. The first kappa shape index (κ1) is 22.9. The van der Waals surface area contributed by atoms with Gasteiger partial charge >= 0.3 is 17.9 Å². The summed E-state index contributed by atoms with van der Waals surface area (Å²) in [7, 11) is 0. The Hall–Kier alpha value is -3.16. The van der Waals surface area contributed by atoms with Crippen LogP contribution in [0.25, 0.3) is 0 Å². The van der Waals surface area contributed by atoms with Crippen molar-refractivity contribution in [1.82, 2.24) is 0 Å². The molecule has 3 N–H and O–H groups in total. The van der Waals surface area contributed by atoms with Gasteiger partial charge in [0.25, 0.3) is 0 Å². The van der Waals surface area contributed by atoms with Gasteiger partial charge in [0.05, 0.1) is 12.8 Å². The smallest absolute Gasteiger partial charge is 0.346 e. The normalized spacial score (nSPS) is 20.6. The van der Waals surface area contributed by atoms with Crippen LogP contribution in [0.5, 0.6) is 0 Å². The number of unbranched alkanes of at least 4 members (excludes halogenated alkanes) is 1. The van der Waals surface area contributed by atoms with Crippen molar-refractivity contribution in [1.29, 1.82) is 0 Å². The Morgan fingerprint density at radius 2 is 1.79 bits per heavy atom.